The van der Waals surface area contributed by atoms with Crippen molar-refractivity contribution in [2.75, 3.05) is 0 Å². The second kappa shape index (κ2) is 8.47. The van der Waals surface area contributed by atoms with Crippen LogP contribution in [0.5, 0.6) is 0 Å². The molecule has 8 atom stereocenters. The van der Waals surface area contributed by atoms with Gasteiger partial charge in [-0.25, -0.2) is 0 Å². The van der Waals surface area contributed by atoms with Crippen molar-refractivity contribution in [3.05, 3.63) is 23.3 Å². The maximum atomic E-state index is 12.1. The molecule has 4 aliphatic carbocycles. The maximum absolute atomic E-state index is 12.1. The summed E-state index contributed by atoms with van der Waals surface area (Å²) in [5.41, 5.74) is 3.16. The molecule has 0 aromatic carbocycles. The van der Waals surface area contributed by atoms with Crippen LogP contribution in [0.25, 0.3) is 0 Å². The van der Waals surface area contributed by atoms with Crippen molar-refractivity contribution in [1.82, 2.24) is 0 Å². The van der Waals surface area contributed by atoms with E-state index in [9.17, 15) is 9.90 Å². The monoisotopic (exact) mass is 426 g/mol. The molecule has 0 spiro atoms. The largest absolute Gasteiger partial charge is 0.389 e. The van der Waals surface area contributed by atoms with Gasteiger partial charge in [-0.15, -0.1) is 0 Å². The summed E-state index contributed by atoms with van der Waals surface area (Å²) in [5.74, 6) is 4.50. The summed E-state index contributed by atoms with van der Waals surface area (Å²) in [5, 5.41) is 11.1. The minimum Gasteiger partial charge on any atom is -0.389 e. The van der Waals surface area contributed by atoms with E-state index in [4.69, 9.17) is 0 Å². The van der Waals surface area contributed by atoms with E-state index in [1.54, 1.807) is 5.57 Å². The lowest BCUT2D eigenvalue weighted by atomic mass is 9.46. The predicted octanol–water partition coefficient (Wildman–Crippen LogP) is 7.12. The molecule has 0 aromatic rings. The molecule has 0 heterocycles. The average molecular weight is 427 g/mol. The summed E-state index contributed by atoms with van der Waals surface area (Å²) in [6, 6.07) is 0. The first-order valence-electron chi connectivity index (χ1n) is 13.2. The molecule has 3 unspecified atom stereocenters. The number of carbonyl (C=O) groups excluding carboxylic acids is 1. The summed E-state index contributed by atoms with van der Waals surface area (Å²) in [4.78, 5) is 12.1. The van der Waals surface area contributed by atoms with Gasteiger partial charge in [-0.05, 0) is 116 Å². The molecular formula is C29H46O2. The summed E-state index contributed by atoms with van der Waals surface area (Å²) in [6.07, 6.45) is 14.1. The van der Waals surface area contributed by atoms with Crippen molar-refractivity contribution >= 4 is 5.78 Å². The van der Waals surface area contributed by atoms with E-state index in [1.807, 2.05) is 6.08 Å². The molecule has 2 heteroatoms. The first kappa shape index (κ1) is 23.3. The number of carbonyl (C=O) groups is 1. The Hall–Kier alpha value is -0.890. The van der Waals surface area contributed by atoms with Crippen LogP contribution in [0.1, 0.15) is 99.3 Å². The number of hydrogen-bond acceptors (Lipinski definition) is 2. The van der Waals surface area contributed by atoms with Gasteiger partial charge in [0.1, 0.15) is 0 Å². The van der Waals surface area contributed by atoms with Gasteiger partial charge in [-0.3, -0.25) is 4.79 Å². The Kier molecular flexibility index (Phi) is 6.36. The van der Waals surface area contributed by atoms with Crippen molar-refractivity contribution in [3.8, 4) is 0 Å². The first-order valence-corrected chi connectivity index (χ1v) is 13.2. The Morgan fingerprint density at radius 3 is 2.58 bits per heavy atom. The number of hydrogen-bond donors (Lipinski definition) is 1. The second-order valence-electron chi connectivity index (χ2n) is 12.4. The zero-order valence-corrected chi connectivity index (χ0v) is 20.9. The summed E-state index contributed by atoms with van der Waals surface area (Å²) in [7, 11) is 0. The SMILES string of the molecule is C/C=C(\CC[C@@H](C)[C@H]1CCC2C3C[C@@H](O)C4=CC(=O)CC[C@]4(C)C3CC[C@@]21C)C(C)C. The quantitative estimate of drug-likeness (QED) is 0.475. The normalized spacial score (nSPS) is 43.9. The van der Waals surface area contributed by atoms with Gasteiger partial charge >= 0.3 is 0 Å². The van der Waals surface area contributed by atoms with E-state index in [0.29, 0.717) is 29.6 Å². The maximum Gasteiger partial charge on any atom is 0.155 e. The number of fused-ring (bicyclic) bond motifs is 5. The Morgan fingerprint density at radius 1 is 1.16 bits per heavy atom. The number of rotatable bonds is 5. The van der Waals surface area contributed by atoms with Crippen molar-refractivity contribution in [2.24, 2.45) is 46.3 Å². The third-order valence-electron chi connectivity index (χ3n) is 10.7. The minimum absolute atomic E-state index is 0.0410. The third kappa shape index (κ3) is 3.79. The number of ketones is 1. The molecule has 4 rings (SSSR count). The molecular weight excluding hydrogens is 380 g/mol. The number of aliphatic hydroxyl groups excluding tert-OH is 1. The van der Waals surface area contributed by atoms with E-state index >= 15 is 0 Å². The molecule has 0 saturated heterocycles. The van der Waals surface area contributed by atoms with E-state index in [1.165, 1.54) is 38.5 Å². The Balaban J connectivity index is 1.52. The van der Waals surface area contributed by atoms with E-state index in [0.717, 1.165) is 36.2 Å². The molecule has 0 radical (unpaired) electrons. The molecule has 31 heavy (non-hydrogen) atoms. The fourth-order valence-electron chi connectivity index (χ4n) is 8.94. The van der Waals surface area contributed by atoms with E-state index in [2.05, 4.69) is 47.6 Å². The highest BCUT2D eigenvalue weighted by molar-refractivity contribution is 5.91. The van der Waals surface area contributed by atoms with Gasteiger partial charge in [0.05, 0.1) is 6.10 Å². The van der Waals surface area contributed by atoms with Gasteiger partial charge in [0.15, 0.2) is 5.78 Å². The predicted molar refractivity (Wildman–Crippen MR) is 129 cm³/mol. The zero-order valence-electron chi connectivity index (χ0n) is 20.9. The molecule has 0 aromatic heterocycles. The summed E-state index contributed by atoms with van der Waals surface area (Å²) < 4.78 is 0. The van der Waals surface area contributed by atoms with Crippen LogP contribution in [0.2, 0.25) is 0 Å². The molecule has 3 saturated carbocycles. The molecule has 0 aliphatic heterocycles. The van der Waals surface area contributed by atoms with Gasteiger partial charge in [-0.2, -0.15) is 0 Å². The Labute approximate surface area is 191 Å². The average Bonchev–Trinajstić information content (AvgIpc) is 3.07. The fourth-order valence-corrected chi connectivity index (χ4v) is 8.94. The number of aliphatic hydroxyl groups is 1. The van der Waals surface area contributed by atoms with Crippen LogP contribution >= 0.6 is 0 Å². The summed E-state index contributed by atoms with van der Waals surface area (Å²) in [6.45, 7) is 14.3. The van der Waals surface area contributed by atoms with Crippen LogP contribution in [0.4, 0.5) is 0 Å². The lowest BCUT2D eigenvalue weighted by Crippen LogP contribution is -2.54. The zero-order chi connectivity index (χ0) is 22.6. The standard InChI is InChI=1S/C29H46O2/c1-7-20(18(2)3)9-8-19(4)23-10-11-24-22-17-27(31)26-16-21(30)12-14-29(26,6)25(22)13-15-28(23,24)5/h7,16,18-19,22-25,27,31H,8-15,17H2,1-6H3/b20-7+/t19-,22?,23-,24?,25?,27-,28-,29-/m1/s1. The van der Waals surface area contributed by atoms with Crippen LogP contribution in [-0.4, -0.2) is 17.0 Å². The highest BCUT2D eigenvalue weighted by Gasteiger charge is 2.60. The molecule has 3 fully saturated rings. The van der Waals surface area contributed by atoms with E-state index in [-0.39, 0.29) is 11.2 Å². The van der Waals surface area contributed by atoms with Crippen LogP contribution in [0.15, 0.2) is 23.3 Å². The Morgan fingerprint density at radius 2 is 1.90 bits per heavy atom. The number of allylic oxidation sites excluding steroid dienone is 2. The molecule has 1 N–H and O–H groups in total. The fraction of sp³-hybridized carbons (Fsp3) is 0.828. The highest BCUT2D eigenvalue weighted by Crippen LogP contribution is 2.67. The Bertz CT molecular complexity index is 761. The van der Waals surface area contributed by atoms with Crippen molar-refractivity contribution in [3.63, 3.8) is 0 Å². The second-order valence-corrected chi connectivity index (χ2v) is 12.4. The minimum atomic E-state index is -0.405. The van der Waals surface area contributed by atoms with Crippen molar-refractivity contribution in [2.45, 2.75) is 105 Å². The molecule has 0 amide bonds. The first-order chi connectivity index (χ1) is 14.6. The molecule has 174 valence electrons. The van der Waals surface area contributed by atoms with Crippen LogP contribution < -0.4 is 0 Å². The highest BCUT2D eigenvalue weighted by atomic mass is 16.3. The van der Waals surface area contributed by atoms with Crippen LogP contribution in [0, 0.1) is 46.3 Å². The van der Waals surface area contributed by atoms with Gasteiger partial charge in [0.2, 0.25) is 0 Å². The van der Waals surface area contributed by atoms with Gasteiger partial charge in [-0.1, -0.05) is 46.3 Å². The molecule has 2 nitrogen and oxygen atoms in total. The van der Waals surface area contributed by atoms with Crippen molar-refractivity contribution < 1.29 is 9.90 Å². The van der Waals surface area contributed by atoms with Crippen molar-refractivity contribution in [1.29, 1.82) is 0 Å². The molecule has 4 aliphatic rings. The lowest BCUT2D eigenvalue weighted by molar-refractivity contribution is -0.119. The van der Waals surface area contributed by atoms with Gasteiger partial charge in [0, 0.05) is 6.42 Å². The molecule has 0 bridgehead atoms. The smallest absolute Gasteiger partial charge is 0.155 e. The lowest BCUT2D eigenvalue weighted by Gasteiger charge is -2.59. The van der Waals surface area contributed by atoms with E-state index < -0.39 is 6.10 Å². The van der Waals surface area contributed by atoms with Crippen LogP contribution in [0.3, 0.4) is 0 Å². The summed E-state index contributed by atoms with van der Waals surface area (Å²) >= 11 is 0. The topological polar surface area (TPSA) is 37.3 Å². The van der Waals surface area contributed by atoms with Gasteiger partial charge in [0.25, 0.3) is 0 Å². The van der Waals surface area contributed by atoms with Gasteiger partial charge < -0.3 is 5.11 Å². The van der Waals surface area contributed by atoms with Crippen LogP contribution in [-0.2, 0) is 4.79 Å². The third-order valence-corrected chi connectivity index (χ3v) is 10.7.